The fourth-order valence-electron chi connectivity index (χ4n) is 4.32. The van der Waals surface area contributed by atoms with E-state index in [1.165, 1.54) is 29.7 Å². The van der Waals surface area contributed by atoms with Crippen molar-refractivity contribution in [1.29, 1.82) is 0 Å². The van der Waals surface area contributed by atoms with Crippen molar-refractivity contribution in [1.82, 2.24) is 14.9 Å². The smallest absolute Gasteiger partial charge is 0.225 e. The number of nitrogens with zero attached hydrogens (tertiary/aromatic N) is 4. The van der Waals surface area contributed by atoms with Gasteiger partial charge in [-0.05, 0) is 35.2 Å². The summed E-state index contributed by atoms with van der Waals surface area (Å²) in [5, 5.41) is 4.44. The van der Waals surface area contributed by atoms with Gasteiger partial charge in [0.05, 0.1) is 18.9 Å². The van der Waals surface area contributed by atoms with Crippen LogP contribution in [-0.2, 0) is 17.7 Å². The number of hydrogen-bond donors (Lipinski definition) is 0. The molecule has 0 aliphatic carbocycles. The van der Waals surface area contributed by atoms with Gasteiger partial charge in [0.25, 0.3) is 0 Å². The highest BCUT2D eigenvalue weighted by atomic mass is 32.1. The zero-order valence-corrected chi connectivity index (χ0v) is 14.5. The van der Waals surface area contributed by atoms with Crippen LogP contribution >= 0.6 is 11.3 Å². The van der Waals surface area contributed by atoms with E-state index in [9.17, 15) is 0 Å². The molecule has 2 fully saturated rings. The van der Waals surface area contributed by atoms with E-state index in [1.54, 1.807) is 11.3 Å². The highest BCUT2D eigenvalue weighted by Crippen LogP contribution is 2.44. The summed E-state index contributed by atoms with van der Waals surface area (Å²) in [5.74, 6) is 0.891. The maximum absolute atomic E-state index is 5.44. The Balaban J connectivity index is 1.41. The molecule has 0 saturated carbocycles. The molecule has 0 amide bonds. The van der Waals surface area contributed by atoms with Gasteiger partial charge in [-0.15, -0.1) is 0 Å². The lowest BCUT2D eigenvalue weighted by molar-refractivity contribution is 0.122. The Morgan fingerprint density at radius 1 is 1.25 bits per heavy atom. The summed E-state index contributed by atoms with van der Waals surface area (Å²) in [7, 11) is 0. The lowest BCUT2D eigenvalue weighted by Crippen LogP contribution is -2.40. The molecule has 2 saturated heterocycles. The highest BCUT2D eigenvalue weighted by molar-refractivity contribution is 7.07. The molecular formula is C18H22N4OS. The lowest BCUT2D eigenvalue weighted by Gasteiger charge is -2.36. The van der Waals surface area contributed by atoms with Crippen molar-refractivity contribution in [3.8, 4) is 0 Å². The van der Waals surface area contributed by atoms with Gasteiger partial charge in [0.15, 0.2) is 0 Å². The van der Waals surface area contributed by atoms with Crippen LogP contribution in [0.15, 0.2) is 23.0 Å². The molecule has 2 aromatic heterocycles. The van der Waals surface area contributed by atoms with Crippen molar-refractivity contribution < 1.29 is 4.74 Å². The highest BCUT2D eigenvalue weighted by Gasteiger charge is 2.40. The Labute approximate surface area is 146 Å². The summed E-state index contributed by atoms with van der Waals surface area (Å²) in [6, 6.07) is 3.38. The van der Waals surface area contributed by atoms with E-state index in [-0.39, 0.29) is 0 Å². The molecule has 2 atom stereocenters. The van der Waals surface area contributed by atoms with Crippen LogP contribution in [-0.4, -0.2) is 47.2 Å². The van der Waals surface area contributed by atoms with Gasteiger partial charge in [0, 0.05) is 49.9 Å². The Kier molecular flexibility index (Phi) is 3.76. The molecule has 2 bridgehead atoms. The largest absolute Gasteiger partial charge is 0.378 e. The normalized spacial score (nSPS) is 26.6. The Morgan fingerprint density at radius 3 is 3.00 bits per heavy atom. The molecule has 0 radical (unpaired) electrons. The van der Waals surface area contributed by atoms with E-state index in [0.717, 1.165) is 45.2 Å². The van der Waals surface area contributed by atoms with Gasteiger partial charge in [-0.3, -0.25) is 4.90 Å². The molecule has 126 valence electrons. The molecule has 5 rings (SSSR count). The minimum atomic E-state index is 0.498. The van der Waals surface area contributed by atoms with Crippen molar-refractivity contribution >= 4 is 17.3 Å². The number of ether oxygens (including phenoxy) is 1. The zero-order chi connectivity index (χ0) is 15.9. The second-order valence-corrected chi connectivity index (χ2v) is 7.71. The zero-order valence-electron chi connectivity index (χ0n) is 13.7. The quantitative estimate of drug-likeness (QED) is 0.858. The number of rotatable bonds is 3. The Hall–Kier alpha value is -1.50. The molecule has 0 N–H and O–H groups in total. The summed E-state index contributed by atoms with van der Waals surface area (Å²) in [4.78, 5) is 14.6. The number of morpholine rings is 1. The van der Waals surface area contributed by atoms with Crippen LogP contribution < -0.4 is 4.90 Å². The van der Waals surface area contributed by atoms with E-state index in [4.69, 9.17) is 14.7 Å². The molecule has 3 aliphatic rings. The Morgan fingerprint density at radius 2 is 2.17 bits per heavy atom. The average Bonchev–Trinajstić information content (AvgIpc) is 3.23. The summed E-state index contributed by atoms with van der Waals surface area (Å²) >= 11 is 1.79. The summed E-state index contributed by atoms with van der Waals surface area (Å²) < 4.78 is 5.44. The van der Waals surface area contributed by atoms with Crippen LogP contribution in [0.25, 0.3) is 0 Å². The topological polar surface area (TPSA) is 41.5 Å². The number of hydrogen-bond acceptors (Lipinski definition) is 6. The summed E-state index contributed by atoms with van der Waals surface area (Å²) in [6.45, 7) is 4.41. The van der Waals surface area contributed by atoms with Gasteiger partial charge in [-0.25, -0.2) is 9.97 Å². The molecule has 3 aliphatic heterocycles. The third-order valence-electron chi connectivity index (χ3n) is 5.56. The number of fused-ring (bicyclic) bond motifs is 4. The SMILES string of the molecule is c1cc(CN2C3CCC2c2cnc(N4CCOCC4)nc2C3)cs1. The predicted octanol–water partition coefficient (Wildman–Crippen LogP) is 2.64. The molecular weight excluding hydrogens is 320 g/mol. The second kappa shape index (κ2) is 6.10. The summed E-state index contributed by atoms with van der Waals surface area (Å²) in [6.07, 6.45) is 5.68. The molecule has 0 aromatic carbocycles. The van der Waals surface area contributed by atoms with Gasteiger partial charge in [-0.1, -0.05) is 0 Å². The van der Waals surface area contributed by atoms with Crippen LogP contribution in [0.5, 0.6) is 0 Å². The molecule has 24 heavy (non-hydrogen) atoms. The maximum Gasteiger partial charge on any atom is 0.225 e. The second-order valence-electron chi connectivity index (χ2n) is 6.93. The third kappa shape index (κ3) is 2.53. The van der Waals surface area contributed by atoms with E-state index >= 15 is 0 Å². The van der Waals surface area contributed by atoms with Crippen molar-refractivity contribution in [2.24, 2.45) is 0 Å². The van der Waals surface area contributed by atoms with Crippen LogP contribution in [0.3, 0.4) is 0 Å². The van der Waals surface area contributed by atoms with Gasteiger partial charge in [-0.2, -0.15) is 11.3 Å². The van der Waals surface area contributed by atoms with Gasteiger partial charge >= 0.3 is 0 Å². The van der Waals surface area contributed by atoms with E-state index in [2.05, 4.69) is 32.8 Å². The standard InChI is InChI=1S/C18H22N4OS/c1-2-17-15-10-19-18(21-4-6-23-7-5-21)20-16(15)9-14(1)22(17)11-13-3-8-24-12-13/h3,8,10,12,14,17H,1-2,4-7,9,11H2. The number of thiophene rings is 1. The first-order valence-corrected chi connectivity index (χ1v) is 9.78. The summed E-state index contributed by atoms with van der Waals surface area (Å²) in [5.41, 5.74) is 4.07. The first-order valence-electron chi connectivity index (χ1n) is 8.84. The van der Waals surface area contributed by atoms with Crippen LogP contribution in [0.4, 0.5) is 5.95 Å². The van der Waals surface area contributed by atoms with Gasteiger partial charge in [0.1, 0.15) is 0 Å². The first-order chi connectivity index (χ1) is 11.9. The lowest BCUT2D eigenvalue weighted by atomic mass is 9.99. The van der Waals surface area contributed by atoms with Crippen molar-refractivity contribution in [2.75, 3.05) is 31.2 Å². The van der Waals surface area contributed by atoms with Gasteiger partial charge in [0.2, 0.25) is 5.95 Å². The fraction of sp³-hybridized carbons (Fsp3) is 0.556. The molecule has 2 unspecified atom stereocenters. The van der Waals surface area contributed by atoms with Crippen molar-refractivity contribution in [2.45, 2.75) is 37.9 Å². The van der Waals surface area contributed by atoms with E-state index < -0.39 is 0 Å². The van der Waals surface area contributed by atoms with Crippen LogP contribution in [0, 0.1) is 0 Å². The Bertz CT molecular complexity index is 714. The number of anilines is 1. The average molecular weight is 342 g/mol. The molecule has 5 heterocycles. The number of aromatic nitrogens is 2. The molecule has 0 spiro atoms. The predicted molar refractivity (Wildman–Crippen MR) is 94.4 cm³/mol. The van der Waals surface area contributed by atoms with E-state index in [0.29, 0.717) is 12.1 Å². The fourth-order valence-corrected chi connectivity index (χ4v) is 4.98. The molecule has 6 heteroatoms. The van der Waals surface area contributed by atoms with Crippen molar-refractivity contribution in [3.05, 3.63) is 39.8 Å². The van der Waals surface area contributed by atoms with Crippen LogP contribution in [0.1, 0.15) is 35.7 Å². The minimum absolute atomic E-state index is 0.498. The molecule has 5 nitrogen and oxygen atoms in total. The van der Waals surface area contributed by atoms with E-state index in [1.807, 2.05) is 0 Å². The molecule has 2 aromatic rings. The maximum atomic E-state index is 5.44. The monoisotopic (exact) mass is 342 g/mol. The van der Waals surface area contributed by atoms with Crippen molar-refractivity contribution in [3.63, 3.8) is 0 Å². The van der Waals surface area contributed by atoms with Gasteiger partial charge < -0.3 is 9.64 Å². The third-order valence-corrected chi connectivity index (χ3v) is 6.29. The minimum Gasteiger partial charge on any atom is -0.378 e. The van der Waals surface area contributed by atoms with Crippen LogP contribution in [0.2, 0.25) is 0 Å². The first kappa shape index (κ1) is 14.8.